The average Bonchev–Trinajstić information content (AvgIpc) is 2.66. The summed E-state index contributed by atoms with van der Waals surface area (Å²) in [4.78, 5) is 12.8. The average molecular weight is 340 g/mol. The normalized spacial score (nSPS) is 20.4. The SMILES string of the molecule is O=C(O)N1CCC(NCc2ccccc2)C(OCc2ccccc2)C1. The first-order valence-electron chi connectivity index (χ1n) is 8.63. The number of piperidine rings is 1. The van der Waals surface area contributed by atoms with Crippen LogP contribution in [0.2, 0.25) is 0 Å². The lowest BCUT2D eigenvalue weighted by atomic mass is 10.0. The number of hydrogen-bond acceptors (Lipinski definition) is 3. The second kappa shape index (κ2) is 8.65. The summed E-state index contributed by atoms with van der Waals surface area (Å²) in [5.74, 6) is 0. The lowest BCUT2D eigenvalue weighted by Crippen LogP contribution is -2.54. The van der Waals surface area contributed by atoms with Gasteiger partial charge in [-0.2, -0.15) is 0 Å². The molecule has 2 N–H and O–H groups in total. The number of ether oxygens (including phenoxy) is 1. The minimum absolute atomic E-state index is 0.138. The van der Waals surface area contributed by atoms with Gasteiger partial charge in [-0.05, 0) is 17.5 Å². The smallest absolute Gasteiger partial charge is 0.407 e. The number of nitrogens with one attached hydrogen (secondary N) is 1. The first-order valence-corrected chi connectivity index (χ1v) is 8.63. The summed E-state index contributed by atoms with van der Waals surface area (Å²) in [6.45, 7) is 2.17. The van der Waals surface area contributed by atoms with E-state index in [0.717, 1.165) is 18.5 Å². The molecule has 2 unspecified atom stereocenters. The second-order valence-corrected chi connectivity index (χ2v) is 6.33. The van der Waals surface area contributed by atoms with Crippen molar-refractivity contribution in [2.45, 2.75) is 31.7 Å². The zero-order valence-corrected chi connectivity index (χ0v) is 14.2. The van der Waals surface area contributed by atoms with Crippen molar-refractivity contribution in [1.82, 2.24) is 10.2 Å². The number of carboxylic acid groups (broad SMARTS) is 1. The lowest BCUT2D eigenvalue weighted by molar-refractivity contribution is -0.0269. The van der Waals surface area contributed by atoms with Crippen LogP contribution in [-0.2, 0) is 17.9 Å². The molecule has 0 aromatic heterocycles. The molecule has 1 amide bonds. The summed E-state index contributed by atoms with van der Waals surface area (Å²) >= 11 is 0. The molecule has 5 nitrogen and oxygen atoms in total. The van der Waals surface area contributed by atoms with Crippen molar-refractivity contribution in [2.24, 2.45) is 0 Å². The Morgan fingerprint density at radius 3 is 2.36 bits per heavy atom. The standard InChI is InChI=1S/C20H24N2O3/c23-20(24)22-12-11-18(21-13-16-7-3-1-4-8-16)19(14-22)25-15-17-9-5-2-6-10-17/h1-10,18-19,21H,11-15H2,(H,23,24). The molecule has 1 heterocycles. The molecule has 5 heteroatoms. The first kappa shape index (κ1) is 17.5. The fraction of sp³-hybridized carbons (Fsp3) is 0.350. The first-order chi connectivity index (χ1) is 12.2. The third-order valence-corrected chi connectivity index (χ3v) is 4.55. The van der Waals surface area contributed by atoms with E-state index < -0.39 is 6.09 Å². The molecule has 0 saturated carbocycles. The highest BCUT2D eigenvalue weighted by Crippen LogP contribution is 2.17. The molecule has 1 saturated heterocycles. The minimum Gasteiger partial charge on any atom is -0.465 e. The number of likely N-dealkylation sites (tertiary alicyclic amines) is 1. The van der Waals surface area contributed by atoms with Gasteiger partial charge in [0.1, 0.15) is 0 Å². The van der Waals surface area contributed by atoms with Crippen LogP contribution in [0.4, 0.5) is 4.79 Å². The van der Waals surface area contributed by atoms with Crippen LogP contribution in [-0.4, -0.2) is 41.3 Å². The topological polar surface area (TPSA) is 61.8 Å². The summed E-state index contributed by atoms with van der Waals surface area (Å²) in [6.07, 6.45) is -0.290. The van der Waals surface area contributed by atoms with Crippen molar-refractivity contribution in [2.75, 3.05) is 13.1 Å². The molecule has 1 aliphatic heterocycles. The number of hydrogen-bond donors (Lipinski definition) is 2. The molecule has 2 aromatic carbocycles. The monoisotopic (exact) mass is 340 g/mol. The second-order valence-electron chi connectivity index (χ2n) is 6.33. The van der Waals surface area contributed by atoms with Crippen molar-refractivity contribution in [3.8, 4) is 0 Å². The Morgan fingerprint density at radius 1 is 1.08 bits per heavy atom. The number of carbonyl (C=O) groups is 1. The Bertz CT molecular complexity index is 663. The van der Waals surface area contributed by atoms with Gasteiger partial charge in [0.2, 0.25) is 0 Å². The third-order valence-electron chi connectivity index (χ3n) is 4.55. The van der Waals surface area contributed by atoms with E-state index >= 15 is 0 Å². The van der Waals surface area contributed by atoms with E-state index in [0.29, 0.717) is 19.7 Å². The van der Waals surface area contributed by atoms with Gasteiger partial charge in [0.25, 0.3) is 0 Å². The third kappa shape index (κ3) is 5.05. The Morgan fingerprint density at radius 2 is 1.72 bits per heavy atom. The van der Waals surface area contributed by atoms with E-state index in [2.05, 4.69) is 17.4 Å². The maximum atomic E-state index is 11.3. The van der Waals surface area contributed by atoms with Gasteiger partial charge >= 0.3 is 6.09 Å². The Labute approximate surface area is 148 Å². The van der Waals surface area contributed by atoms with Gasteiger partial charge in [-0.3, -0.25) is 0 Å². The molecule has 2 atom stereocenters. The van der Waals surface area contributed by atoms with Crippen LogP contribution < -0.4 is 5.32 Å². The van der Waals surface area contributed by atoms with Crippen molar-refractivity contribution < 1.29 is 14.6 Å². The van der Waals surface area contributed by atoms with Gasteiger partial charge in [0.05, 0.1) is 19.3 Å². The summed E-state index contributed by atoms with van der Waals surface area (Å²) in [6, 6.07) is 20.3. The molecule has 0 aliphatic carbocycles. The molecule has 2 aromatic rings. The van der Waals surface area contributed by atoms with Gasteiger partial charge in [0.15, 0.2) is 0 Å². The number of rotatable bonds is 6. The zero-order chi connectivity index (χ0) is 17.5. The Balaban J connectivity index is 1.61. The summed E-state index contributed by atoms with van der Waals surface area (Å²) in [7, 11) is 0. The number of benzene rings is 2. The van der Waals surface area contributed by atoms with E-state index in [1.807, 2.05) is 48.5 Å². The van der Waals surface area contributed by atoms with E-state index in [1.165, 1.54) is 10.5 Å². The zero-order valence-electron chi connectivity index (χ0n) is 14.2. The molecule has 132 valence electrons. The quantitative estimate of drug-likeness (QED) is 0.848. The van der Waals surface area contributed by atoms with Gasteiger partial charge in [-0.25, -0.2) is 4.79 Å². The van der Waals surface area contributed by atoms with E-state index in [9.17, 15) is 9.90 Å². The predicted molar refractivity (Wildman–Crippen MR) is 96.3 cm³/mol. The van der Waals surface area contributed by atoms with Crippen molar-refractivity contribution in [1.29, 1.82) is 0 Å². The van der Waals surface area contributed by atoms with Crippen LogP contribution in [0, 0.1) is 0 Å². The largest absolute Gasteiger partial charge is 0.465 e. The molecular weight excluding hydrogens is 316 g/mol. The van der Waals surface area contributed by atoms with Crippen LogP contribution in [0.3, 0.4) is 0 Å². The molecule has 0 bridgehead atoms. The molecule has 0 spiro atoms. The summed E-state index contributed by atoms with van der Waals surface area (Å²) in [5, 5.41) is 12.8. The summed E-state index contributed by atoms with van der Waals surface area (Å²) < 4.78 is 6.08. The van der Waals surface area contributed by atoms with Gasteiger partial charge in [0, 0.05) is 19.1 Å². The van der Waals surface area contributed by atoms with Crippen LogP contribution in [0.15, 0.2) is 60.7 Å². The highest BCUT2D eigenvalue weighted by Gasteiger charge is 2.31. The van der Waals surface area contributed by atoms with Crippen LogP contribution >= 0.6 is 0 Å². The van der Waals surface area contributed by atoms with Gasteiger partial charge < -0.3 is 20.1 Å². The molecule has 1 fully saturated rings. The highest BCUT2D eigenvalue weighted by atomic mass is 16.5. The fourth-order valence-corrected chi connectivity index (χ4v) is 3.11. The van der Waals surface area contributed by atoms with Crippen molar-refractivity contribution in [3.05, 3.63) is 71.8 Å². The molecular formula is C20H24N2O3. The van der Waals surface area contributed by atoms with E-state index in [-0.39, 0.29) is 12.1 Å². The van der Waals surface area contributed by atoms with Crippen molar-refractivity contribution >= 4 is 6.09 Å². The molecule has 0 radical (unpaired) electrons. The van der Waals surface area contributed by atoms with E-state index in [4.69, 9.17) is 4.74 Å². The maximum absolute atomic E-state index is 11.3. The van der Waals surface area contributed by atoms with Crippen LogP contribution in [0.25, 0.3) is 0 Å². The summed E-state index contributed by atoms with van der Waals surface area (Å²) in [5.41, 5.74) is 2.31. The Kier molecular flexibility index (Phi) is 6.04. The molecule has 1 aliphatic rings. The fourth-order valence-electron chi connectivity index (χ4n) is 3.11. The predicted octanol–water partition coefficient (Wildman–Crippen LogP) is 3.11. The Hall–Kier alpha value is -2.37. The molecule has 25 heavy (non-hydrogen) atoms. The van der Waals surface area contributed by atoms with Gasteiger partial charge in [-0.15, -0.1) is 0 Å². The highest BCUT2D eigenvalue weighted by molar-refractivity contribution is 5.65. The van der Waals surface area contributed by atoms with Crippen molar-refractivity contribution in [3.63, 3.8) is 0 Å². The van der Waals surface area contributed by atoms with Crippen LogP contribution in [0.5, 0.6) is 0 Å². The van der Waals surface area contributed by atoms with E-state index in [1.54, 1.807) is 0 Å². The maximum Gasteiger partial charge on any atom is 0.407 e. The number of nitrogens with zero attached hydrogens (tertiary/aromatic N) is 1. The molecule has 3 rings (SSSR count). The lowest BCUT2D eigenvalue weighted by Gasteiger charge is -2.37. The number of amides is 1. The van der Waals surface area contributed by atoms with Gasteiger partial charge in [-0.1, -0.05) is 60.7 Å². The minimum atomic E-state index is -0.880. The van der Waals surface area contributed by atoms with Crippen LogP contribution in [0.1, 0.15) is 17.5 Å².